The summed E-state index contributed by atoms with van der Waals surface area (Å²) < 4.78 is 27.8. The second kappa shape index (κ2) is 6.67. The van der Waals surface area contributed by atoms with Gasteiger partial charge in [0.15, 0.2) is 0 Å². The molecule has 0 saturated heterocycles. The lowest BCUT2D eigenvalue weighted by Crippen LogP contribution is -2.31. The maximum atomic E-state index is 13.4. The van der Waals surface area contributed by atoms with Gasteiger partial charge in [0.25, 0.3) is 0 Å². The Morgan fingerprint density at radius 3 is 2.38 bits per heavy atom. The topological polar surface area (TPSA) is 41.1 Å². The molecule has 110 valence electrons. The molecular weight excluding hydrogens is 342 g/mol. The standard InChI is InChI=1S/C15H13BrF2N2O/c1-9(10-4-2-5-11(16)8-10)19-15(21)20-14-12(17)6-3-7-13(14)18/h2-9H,1H3,(H2,19,20,21)/t9-/m1/s1. The van der Waals surface area contributed by atoms with Crippen LogP contribution in [0.25, 0.3) is 0 Å². The van der Waals surface area contributed by atoms with Crippen LogP contribution >= 0.6 is 15.9 Å². The number of carbonyl (C=O) groups is 1. The zero-order valence-electron chi connectivity index (χ0n) is 11.2. The van der Waals surface area contributed by atoms with Crippen LogP contribution in [0.2, 0.25) is 0 Å². The van der Waals surface area contributed by atoms with E-state index in [0.717, 1.165) is 22.2 Å². The second-order valence-corrected chi connectivity index (χ2v) is 5.39. The van der Waals surface area contributed by atoms with Crippen LogP contribution in [0, 0.1) is 11.6 Å². The third-order valence-electron chi connectivity index (χ3n) is 2.90. The molecule has 0 spiro atoms. The molecule has 0 saturated carbocycles. The van der Waals surface area contributed by atoms with Gasteiger partial charge in [-0.1, -0.05) is 34.1 Å². The molecule has 0 unspecified atom stereocenters. The molecule has 0 heterocycles. The van der Waals surface area contributed by atoms with E-state index in [1.165, 1.54) is 6.07 Å². The molecule has 0 aliphatic heterocycles. The first-order chi connectivity index (χ1) is 9.97. The minimum atomic E-state index is -0.819. The number of nitrogens with one attached hydrogen (secondary N) is 2. The number of benzene rings is 2. The molecule has 0 aliphatic carbocycles. The average molecular weight is 355 g/mol. The minimum Gasteiger partial charge on any atom is -0.331 e. The van der Waals surface area contributed by atoms with Gasteiger partial charge in [-0.05, 0) is 36.8 Å². The highest BCUT2D eigenvalue weighted by molar-refractivity contribution is 9.10. The van der Waals surface area contributed by atoms with Crippen molar-refractivity contribution in [2.24, 2.45) is 0 Å². The van der Waals surface area contributed by atoms with Crippen LogP contribution in [-0.2, 0) is 0 Å². The van der Waals surface area contributed by atoms with Crippen molar-refractivity contribution >= 4 is 27.6 Å². The fourth-order valence-corrected chi connectivity index (χ4v) is 2.24. The van der Waals surface area contributed by atoms with E-state index in [4.69, 9.17) is 0 Å². The largest absolute Gasteiger partial charge is 0.331 e. The number of amides is 2. The Labute approximate surface area is 129 Å². The number of hydrogen-bond acceptors (Lipinski definition) is 1. The van der Waals surface area contributed by atoms with Crippen LogP contribution in [0.5, 0.6) is 0 Å². The molecule has 2 amide bonds. The van der Waals surface area contributed by atoms with Crippen molar-refractivity contribution in [3.8, 4) is 0 Å². The van der Waals surface area contributed by atoms with E-state index in [1.54, 1.807) is 6.92 Å². The van der Waals surface area contributed by atoms with E-state index in [0.29, 0.717) is 0 Å². The van der Waals surface area contributed by atoms with Gasteiger partial charge >= 0.3 is 6.03 Å². The lowest BCUT2D eigenvalue weighted by atomic mass is 10.1. The Hall–Kier alpha value is -1.95. The normalized spacial score (nSPS) is 11.8. The molecule has 0 bridgehead atoms. The van der Waals surface area contributed by atoms with Gasteiger partial charge < -0.3 is 10.6 Å². The van der Waals surface area contributed by atoms with Crippen molar-refractivity contribution in [2.45, 2.75) is 13.0 Å². The SMILES string of the molecule is C[C@@H](NC(=O)Nc1c(F)cccc1F)c1cccc(Br)c1. The maximum Gasteiger partial charge on any atom is 0.319 e. The fraction of sp³-hybridized carbons (Fsp3) is 0.133. The predicted octanol–water partition coefficient (Wildman–Crippen LogP) is 4.61. The van der Waals surface area contributed by atoms with Crippen molar-refractivity contribution in [1.29, 1.82) is 0 Å². The Morgan fingerprint density at radius 2 is 1.76 bits per heavy atom. The van der Waals surface area contributed by atoms with Crippen molar-refractivity contribution in [3.63, 3.8) is 0 Å². The summed E-state index contributed by atoms with van der Waals surface area (Å²) in [4.78, 5) is 11.8. The van der Waals surface area contributed by atoms with E-state index < -0.39 is 23.4 Å². The van der Waals surface area contributed by atoms with Crippen LogP contribution in [0.15, 0.2) is 46.9 Å². The molecule has 0 radical (unpaired) electrons. The van der Waals surface area contributed by atoms with Gasteiger partial charge in [0.05, 0.1) is 6.04 Å². The number of carbonyl (C=O) groups excluding carboxylic acids is 1. The number of anilines is 1. The van der Waals surface area contributed by atoms with Crippen LogP contribution in [0.3, 0.4) is 0 Å². The highest BCUT2D eigenvalue weighted by Crippen LogP contribution is 2.20. The third-order valence-corrected chi connectivity index (χ3v) is 3.39. The van der Waals surface area contributed by atoms with Crippen molar-refractivity contribution in [3.05, 3.63) is 64.1 Å². The first kappa shape index (κ1) is 15.4. The van der Waals surface area contributed by atoms with Crippen LogP contribution in [0.1, 0.15) is 18.5 Å². The molecule has 2 aromatic carbocycles. The first-order valence-corrected chi connectivity index (χ1v) is 7.03. The maximum absolute atomic E-state index is 13.4. The molecule has 2 aromatic rings. The molecule has 0 aliphatic rings. The van der Waals surface area contributed by atoms with Crippen molar-refractivity contribution in [1.82, 2.24) is 5.32 Å². The first-order valence-electron chi connectivity index (χ1n) is 6.24. The quantitative estimate of drug-likeness (QED) is 0.830. The summed E-state index contributed by atoms with van der Waals surface area (Å²) in [7, 11) is 0. The lowest BCUT2D eigenvalue weighted by molar-refractivity contribution is 0.249. The van der Waals surface area contributed by atoms with Crippen LogP contribution in [0.4, 0.5) is 19.3 Å². The monoisotopic (exact) mass is 354 g/mol. The van der Waals surface area contributed by atoms with Gasteiger partial charge in [-0.15, -0.1) is 0 Å². The molecular formula is C15H13BrF2N2O. The van der Waals surface area contributed by atoms with Gasteiger partial charge in [0, 0.05) is 4.47 Å². The predicted molar refractivity (Wildman–Crippen MR) is 81.1 cm³/mol. The number of halogens is 3. The van der Waals surface area contributed by atoms with E-state index in [-0.39, 0.29) is 6.04 Å². The highest BCUT2D eigenvalue weighted by Gasteiger charge is 2.14. The summed E-state index contributed by atoms with van der Waals surface area (Å²) in [5.41, 5.74) is 0.407. The van der Waals surface area contributed by atoms with Gasteiger partial charge in [-0.3, -0.25) is 0 Å². The lowest BCUT2D eigenvalue weighted by Gasteiger charge is -2.16. The third kappa shape index (κ3) is 4.01. The van der Waals surface area contributed by atoms with E-state index >= 15 is 0 Å². The van der Waals surface area contributed by atoms with E-state index in [9.17, 15) is 13.6 Å². The van der Waals surface area contributed by atoms with E-state index in [1.807, 2.05) is 24.3 Å². The van der Waals surface area contributed by atoms with Crippen molar-refractivity contribution in [2.75, 3.05) is 5.32 Å². The molecule has 0 aromatic heterocycles. The zero-order valence-corrected chi connectivity index (χ0v) is 12.7. The van der Waals surface area contributed by atoms with Crippen LogP contribution < -0.4 is 10.6 Å². The van der Waals surface area contributed by atoms with Crippen LogP contribution in [-0.4, -0.2) is 6.03 Å². The van der Waals surface area contributed by atoms with Gasteiger partial charge in [0.1, 0.15) is 17.3 Å². The average Bonchev–Trinajstić information content (AvgIpc) is 2.43. The number of rotatable bonds is 3. The summed E-state index contributed by atoms with van der Waals surface area (Å²) in [6, 6.07) is 9.82. The highest BCUT2D eigenvalue weighted by atomic mass is 79.9. The number of hydrogen-bond donors (Lipinski definition) is 2. The number of para-hydroxylation sites is 1. The molecule has 6 heteroatoms. The number of urea groups is 1. The van der Waals surface area contributed by atoms with Gasteiger partial charge in [0.2, 0.25) is 0 Å². The Balaban J connectivity index is 2.05. The molecule has 1 atom stereocenters. The van der Waals surface area contributed by atoms with E-state index in [2.05, 4.69) is 26.6 Å². The fourth-order valence-electron chi connectivity index (χ4n) is 1.82. The molecule has 2 N–H and O–H groups in total. The zero-order chi connectivity index (χ0) is 15.4. The Bertz CT molecular complexity index is 644. The molecule has 3 nitrogen and oxygen atoms in total. The summed E-state index contributed by atoms with van der Waals surface area (Å²) in [5, 5.41) is 4.80. The summed E-state index contributed by atoms with van der Waals surface area (Å²) in [5.74, 6) is -1.64. The Kier molecular flexibility index (Phi) is 4.90. The van der Waals surface area contributed by atoms with Crippen molar-refractivity contribution < 1.29 is 13.6 Å². The Morgan fingerprint density at radius 1 is 1.14 bits per heavy atom. The summed E-state index contributed by atoms with van der Waals surface area (Å²) in [6.07, 6.45) is 0. The van der Waals surface area contributed by atoms with Gasteiger partial charge in [-0.25, -0.2) is 13.6 Å². The molecule has 2 rings (SSSR count). The van der Waals surface area contributed by atoms with Gasteiger partial charge in [-0.2, -0.15) is 0 Å². The molecule has 0 fully saturated rings. The minimum absolute atomic E-state index is 0.308. The second-order valence-electron chi connectivity index (χ2n) is 4.47. The smallest absolute Gasteiger partial charge is 0.319 e. The summed E-state index contributed by atoms with van der Waals surface area (Å²) >= 11 is 3.34. The molecule has 21 heavy (non-hydrogen) atoms. The summed E-state index contributed by atoms with van der Waals surface area (Å²) in [6.45, 7) is 1.78.